The summed E-state index contributed by atoms with van der Waals surface area (Å²) in [4.78, 5) is 40.2. The Morgan fingerprint density at radius 3 is 2.55 bits per heavy atom. The number of ether oxygens (including phenoxy) is 1. The Kier molecular flexibility index (Phi) is 10.6. The van der Waals surface area contributed by atoms with Crippen LogP contribution in [0.2, 0.25) is 0 Å². The van der Waals surface area contributed by atoms with E-state index in [1.165, 1.54) is 4.90 Å². The largest absolute Gasteiger partial charge is 0.492 e. The van der Waals surface area contributed by atoms with Crippen molar-refractivity contribution in [3.8, 4) is 5.75 Å². The van der Waals surface area contributed by atoms with Crippen molar-refractivity contribution in [1.82, 2.24) is 20.9 Å². The third kappa shape index (κ3) is 7.45. The fraction of sp³-hybridized carbons (Fsp3) is 0.640. The molecule has 0 unspecified atom stereocenters. The molecule has 0 saturated heterocycles. The van der Waals surface area contributed by atoms with Gasteiger partial charge in [0.1, 0.15) is 24.4 Å². The Morgan fingerprint density at radius 1 is 1.12 bits per heavy atom. The zero-order chi connectivity index (χ0) is 24.4. The zero-order valence-electron chi connectivity index (χ0n) is 20.6. The van der Waals surface area contributed by atoms with E-state index in [0.29, 0.717) is 26.1 Å². The maximum absolute atomic E-state index is 13.3. The highest BCUT2D eigenvalue weighted by Gasteiger charge is 2.32. The first kappa shape index (κ1) is 26.6. The molecule has 3 N–H and O–H groups in total. The summed E-state index contributed by atoms with van der Waals surface area (Å²) < 4.78 is 6.01. The van der Waals surface area contributed by atoms with Crippen molar-refractivity contribution in [2.45, 2.75) is 71.5 Å². The molecule has 8 nitrogen and oxygen atoms in total. The first-order valence-electron chi connectivity index (χ1n) is 12.1. The van der Waals surface area contributed by atoms with Gasteiger partial charge in [0.25, 0.3) is 0 Å². The van der Waals surface area contributed by atoms with E-state index in [-0.39, 0.29) is 23.6 Å². The van der Waals surface area contributed by atoms with Crippen LogP contribution in [0.25, 0.3) is 0 Å². The average molecular weight is 461 g/mol. The normalized spacial score (nSPS) is 25.1. The first-order valence-corrected chi connectivity index (χ1v) is 12.1. The van der Waals surface area contributed by atoms with Crippen molar-refractivity contribution >= 4 is 17.7 Å². The molecule has 2 rings (SSSR count). The second-order valence-electron chi connectivity index (χ2n) is 8.76. The average Bonchev–Trinajstić information content (AvgIpc) is 2.83. The van der Waals surface area contributed by atoms with Gasteiger partial charge in [-0.2, -0.15) is 0 Å². The van der Waals surface area contributed by atoms with Gasteiger partial charge in [-0.3, -0.25) is 14.4 Å². The monoisotopic (exact) mass is 460 g/mol. The lowest BCUT2D eigenvalue weighted by Gasteiger charge is -2.32. The van der Waals surface area contributed by atoms with Gasteiger partial charge in [0.05, 0.1) is 6.04 Å². The van der Waals surface area contributed by atoms with Crippen molar-refractivity contribution in [2.75, 3.05) is 26.7 Å². The maximum atomic E-state index is 13.3. The van der Waals surface area contributed by atoms with Crippen molar-refractivity contribution in [1.29, 1.82) is 0 Å². The van der Waals surface area contributed by atoms with E-state index >= 15 is 0 Å². The summed E-state index contributed by atoms with van der Waals surface area (Å²) in [5, 5.41) is 9.06. The zero-order valence-corrected chi connectivity index (χ0v) is 20.6. The van der Waals surface area contributed by atoms with Gasteiger partial charge in [-0.1, -0.05) is 45.4 Å². The Balaban J connectivity index is 2.25. The van der Waals surface area contributed by atoms with Crippen molar-refractivity contribution in [3.05, 3.63) is 29.8 Å². The number of hydrogen-bond donors (Lipinski definition) is 3. The molecule has 0 radical (unpaired) electrons. The first-order chi connectivity index (χ1) is 15.8. The van der Waals surface area contributed by atoms with Crippen molar-refractivity contribution in [2.24, 2.45) is 5.92 Å². The Bertz CT molecular complexity index is 800. The summed E-state index contributed by atoms with van der Waals surface area (Å²) in [5.74, 6) is 0.210. The van der Waals surface area contributed by atoms with Crippen LogP contribution >= 0.6 is 0 Å². The Labute approximate surface area is 197 Å². The van der Waals surface area contributed by atoms with E-state index in [4.69, 9.17) is 4.74 Å². The van der Waals surface area contributed by atoms with E-state index < -0.39 is 18.1 Å². The molecule has 1 aromatic rings. The molecule has 1 aromatic carbocycles. The minimum absolute atomic E-state index is 0.0854. The van der Waals surface area contributed by atoms with Crippen LogP contribution in [-0.4, -0.2) is 67.5 Å². The molecule has 8 heteroatoms. The molecule has 0 bridgehead atoms. The van der Waals surface area contributed by atoms with Crippen LogP contribution in [0.4, 0.5) is 0 Å². The molecule has 1 aliphatic rings. The number of aryl methyl sites for hydroxylation is 1. The van der Waals surface area contributed by atoms with E-state index in [9.17, 15) is 14.4 Å². The van der Waals surface area contributed by atoms with Gasteiger partial charge in [-0.15, -0.1) is 0 Å². The lowest BCUT2D eigenvalue weighted by Crippen LogP contribution is -2.57. The van der Waals surface area contributed by atoms with Crippen molar-refractivity contribution in [3.63, 3.8) is 0 Å². The van der Waals surface area contributed by atoms with Crippen LogP contribution in [0.1, 0.15) is 52.5 Å². The van der Waals surface area contributed by atoms with E-state index in [0.717, 1.165) is 30.6 Å². The van der Waals surface area contributed by atoms with Gasteiger partial charge in [0.15, 0.2) is 0 Å². The van der Waals surface area contributed by atoms with Gasteiger partial charge in [0.2, 0.25) is 17.7 Å². The third-order valence-electron chi connectivity index (χ3n) is 6.45. The summed E-state index contributed by atoms with van der Waals surface area (Å²) in [7, 11) is 1.63. The molecule has 1 heterocycles. The highest BCUT2D eigenvalue weighted by Crippen LogP contribution is 2.19. The van der Waals surface area contributed by atoms with Crippen molar-refractivity contribution < 1.29 is 19.1 Å². The number of likely N-dealkylation sites (N-methyl/N-ethyl adjacent to an activating group) is 1. The number of amides is 3. The molecule has 0 aliphatic carbocycles. The van der Waals surface area contributed by atoms with E-state index in [1.807, 2.05) is 45.0 Å². The second-order valence-corrected chi connectivity index (χ2v) is 8.76. The topological polar surface area (TPSA) is 99.8 Å². The Morgan fingerprint density at radius 2 is 1.85 bits per heavy atom. The molecule has 1 aliphatic heterocycles. The van der Waals surface area contributed by atoms with Crippen LogP contribution in [0, 0.1) is 5.92 Å². The standard InChI is InChI=1S/C25H40N4O4/c1-6-17(3)22-25(32)29(5)18(4)23(30)28-20(7-2)24(31)27-14-10-12-19-11-8-9-13-21(19)33-16-15-26-22/h8-9,11,13,17-18,20,22,26H,6-7,10,12,14-16H2,1-5H3,(H,27,31)(H,28,30)/t17-,18+,20-,22-/m0/s1. The minimum Gasteiger partial charge on any atom is -0.492 e. The Hall–Kier alpha value is -2.61. The molecular weight excluding hydrogens is 420 g/mol. The minimum atomic E-state index is -0.699. The molecule has 0 spiro atoms. The summed E-state index contributed by atoms with van der Waals surface area (Å²) >= 11 is 0. The number of rotatable bonds is 3. The maximum Gasteiger partial charge on any atom is 0.243 e. The van der Waals surface area contributed by atoms with E-state index in [2.05, 4.69) is 16.0 Å². The van der Waals surface area contributed by atoms with Crippen LogP contribution in [0.3, 0.4) is 0 Å². The summed E-state index contributed by atoms with van der Waals surface area (Å²) in [5.41, 5.74) is 1.08. The van der Waals surface area contributed by atoms with Gasteiger partial charge in [0, 0.05) is 20.1 Å². The number of nitrogens with one attached hydrogen (secondary N) is 3. The van der Waals surface area contributed by atoms with Gasteiger partial charge >= 0.3 is 0 Å². The summed E-state index contributed by atoms with van der Waals surface area (Å²) in [6.45, 7) is 9.04. The van der Waals surface area contributed by atoms with Gasteiger partial charge in [-0.25, -0.2) is 0 Å². The van der Waals surface area contributed by atoms with E-state index in [1.54, 1.807) is 14.0 Å². The number of benzene rings is 1. The molecule has 4 atom stereocenters. The summed E-state index contributed by atoms with van der Waals surface area (Å²) in [6, 6.07) is 6.12. The molecule has 0 fully saturated rings. The molecular formula is C25H40N4O4. The second kappa shape index (κ2) is 13.2. The number of para-hydroxylation sites is 1. The van der Waals surface area contributed by atoms with Gasteiger partial charge in [-0.05, 0) is 43.7 Å². The lowest BCUT2D eigenvalue weighted by atomic mass is 9.97. The van der Waals surface area contributed by atoms with Crippen LogP contribution in [0.5, 0.6) is 5.75 Å². The number of fused-ring (bicyclic) bond motifs is 1. The smallest absolute Gasteiger partial charge is 0.243 e. The molecule has 0 saturated carbocycles. The SMILES string of the molecule is CC[C@@H]1NC(=O)[C@@H](C)N(C)C(=O)[C@H]([C@@H](C)CC)NCCOc2ccccc2CCCNC1=O. The predicted molar refractivity (Wildman–Crippen MR) is 129 cm³/mol. The van der Waals surface area contributed by atoms with Gasteiger partial charge < -0.3 is 25.6 Å². The van der Waals surface area contributed by atoms with Crippen LogP contribution in [-0.2, 0) is 20.8 Å². The van der Waals surface area contributed by atoms with Crippen LogP contribution in [0.15, 0.2) is 24.3 Å². The third-order valence-corrected chi connectivity index (χ3v) is 6.45. The molecule has 0 aromatic heterocycles. The fourth-order valence-corrected chi connectivity index (χ4v) is 3.84. The fourth-order valence-electron chi connectivity index (χ4n) is 3.84. The molecule has 33 heavy (non-hydrogen) atoms. The quantitative estimate of drug-likeness (QED) is 0.640. The number of nitrogens with zero attached hydrogens (tertiary/aromatic N) is 1. The number of carbonyl (C=O) groups is 3. The summed E-state index contributed by atoms with van der Waals surface area (Å²) in [6.07, 6.45) is 2.82. The highest BCUT2D eigenvalue weighted by molar-refractivity contribution is 5.92. The molecule has 184 valence electrons. The lowest BCUT2D eigenvalue weighted by molar-refractivity contribution is -0.141. The molecule has 3 amide bonds. The predicted octanol–water partition coefficient (Wildman–Crippen LogP) is 1.87. The number of hydrogen-bond acceptors (Lipinski definition) is 5. The number of carbonyl (C=O) groups excluding carboxylic acids is 3. The van der Waals surface area contributed by atoms with Crippen LogP contribution < -0.4 is 20.7 Å². The highest BCUT2D eigenvalue weighted by atomic mass is 16.5.